The van der Waals surface area contributed by atoms with Crippen molar-refractivity contribution in [3.8, 4) is 0 Å². The second-order valence-electron chi connectivity index (χ2n) is 3.67. The minimum Gasteiger partial charge on any atom is -0.392 e. The fraction of sp³-hybridized carbons (Fsp3) is 0.545. The Morgan fingerprint density at radius 1 is 1.44 bits per heavy atom. The Kier molecular flexibility index (Phi) is 7.05. The molecule has 4 nitrogen and oxygen atoms in total. The molecule has 1 heterocycles. The topological polar surface area (TPSA) is 52.6 Å². The van der Waals surface area contributed by atoms with Gasteiger partial charge in [0.15, 0.2) is 0 Å². The third-order valence-corrected chi connectivity index (χ3v) is 2.42. The van der Waals surface area contributed by atoms with Gasteiger partial charge in [-0.05, 0) is 6.42 Å². The van der Waals surface area contributed by atoms with Crippen molar-refractivity contribution in [1.82, 2.24) is 10.2 Å². The molecule has 5 heteroatoms. The molecule has 0 saturated carbocycles. The maximum atomic E-state index is 11.9. The van der Waals surface area contributed by atoms with Crippen LogP contribution in [0.3, 0.4) is 0 Å². The van der Waals surface area contributed by atoms with Crippen LogP contribution in [0.1, 0.15) is 6.42 Å². The van der Waals surface area contributed by atoms with E-state index < -0.39 is 6.10 Å². The van der Waals surface area contributed by atoms with Crippen LogP contribution in [0.2, 0.25) is 0 Å². The molecule has 1 aliphatic heterocycles. The standard InChI is InChI=1S/C11H18N2O2.ClH/c1-3-5-13(6-4-2)11(15)10-7-9(14)8-12-10;/h3-4,9-10,12,14H,1-2,5-8H2;1H. The van der Waals surface area contributed by atoms with Crippen molar-refractivity contribution >= 4 is 18.3 Å². The van der Waals surface area contributed by atoms with Gasteiger partial charge >= 0.3 is 0 Å². The van der Waals surface area contributed by atoms with E-state index in [4.69, 9.17) is 0 Å². The Morgan fingerprint density at radius 2 is 2.00 bits per heavy atom. The van der Waals surface area contributed by atoms with E-state index >= 15 is 0 Å². The molecule has 0 radical (unpaired) electrons. The van der Waals surface area contributed by atoms with Gasteiger partial charge in [0.05, 0.1) is 12.1 Å². The third-order valence-electron chi connectivity index (χ3n) is 2.42. The number of hydrogen-bond acceptors (Lipinski definition) is 3. The number of aliphatic hydroxyl groups is 1. The minimum absolute atomic E-state index is 0. The number of rotatable bonds is 5. The molecule has 1 fully saturated rings. The summed E-state index contributed by atoms with van der Waals surface area (Å²) >= 11 is 0. The minimum atomic E-state index is -0.409. The van der Waals surface area contributed by atoms with Gasteiger partial charge in [0.2, 0.25) is 5.91 Å². The molecule has 0 aromatic rings. The molecule has 2 unspecified atom stereocenters. The van der Waals surface area contributed by atoms with Crippen LogP contribution < -0.4 is 5.32 Å². The Balaban J connectivity index is 0.00000225. The Hall–Kier alpha value is -0.840. The molecule has 2 N–H and O–H groups in total. The van der Waals surface area contributed by atoms with E-state index in [9.17, 15) is 9.90 Å². The monoisotopic (exact) mass is 246 g/mol. The van der Waals surface area contributed by atoms with Crippen molar-refractivity contribution in [2.75, 3.05) is 19.6 Å². The van der Waals surface area contributed by atoms with Gasteiger partial charge in [0, 0.05) is 19.6 Å². The van der Waals surface area contributed by atoms with Gasteiger partial charge in [0.25, 0.3) is 0 Å². The largest absolute Gasteiger partial charge is 0.392 e. The van der Waals surface area contributed by atoms with Crippen LogP contribution in [-0.4, -0.2) is 47.7 Å². The van der Waals surface area contributed by atoms with Crippen molar-refractivity contribution < 1.29 is 9.90 Å². The van der Waals surface area contributed by atoms with Gasteiger partial charge in [-0.3, -0.25) is 4.79 Å². The molecule has 1 amide bonds. The lowest BCUT2D eigenvalue weighted by atomic mass is 10.2. The lowest BCUT2D eigenvalue weighted by Gasteiger charge is -2.22. The highest BCUT2D eigenvalue weighted by atomic mass is 35.5. The number of β-amino-alcohol motifs (C(OH)–C–C–N with tert-alkyl or cyclic N) is 1. The summed E-state index contributed by atoms with van der Waals surface area (Å²) in [7, 11) is 0. The zero-order chi connectivity index (χ0) is 11.3. The first-order chi connectivity index (χ1) is 7.19. The molecule has 1 aliphatic rings. The summed E-state index contributed by atoms with van der Waals surface area (Å²) < 4.78 is 0. The zero-order valence-corrected chi connectivity index (χ0v) is 10.1. The SMILES string of the molecule is C=CCN(CC=C)C(=O)C1CC(O)CN1.Cl. The van der Waals surface area contributed by atoms with Gasteiger partial charge < -0.3 is 15.3 Å². The van der Waals surface area contributed by atoms with Gasteiger partial charge in [-0.1, -0.05) is 12.2 Å². The molecule has 0 aromatic carbocycles. The van der Waals surface area contributed by atoms with Gasteiger partial charge in [-0.15, -0.1) is 25.6 Å². The second kappa shape index (κ2) is 7.44. The molecular formula is C11H19ClN2O2. The van der Waals surface area contributed by atoms with E-state index in [2.05, 4.69) is 18.5 Å². The van der Waals surface area contributed by atoms with Crippen molar-refractivity contribution in [1.29, 1.82) is 0 Å². The van der Waals surface area contributed by atoms with Gasteiger partial charge in [0.1, 0.15) is 0 Å². The van der Waals surface area contributed by atoms with Crippen molar-refractivity contribution in [3.63, 3.8) is 0 Å². The van der Waals surface area contributed by atoms with E-state index in [1.807, 2.05) is 0 Å². The highest BCUT2D eigenvalue weighted by molar-refractivity contribution is 5.85. The number of aliphatic hydroxyl groups excluding tert-OH is 1. The summed E-state index contributed by atoms with van der Waals surface area (Å²) in [5.41, 5.74) is 0. The normalized spacial score (nSPS) is 23.3. The lowest BCUT2D eigenvalue weighted by Crippen LogP contribution is -2.43. The van der Waals surface area contributed by atoms with Crippen LogP contribution >= 0.6 is 12.4 Å². The first-order valence-electron chi connectivity index (χ1n) is 5.11. The summed E-state index contributed by atoms with van der Waals surface area (Å²) in [6.07, 6.45) is 3.46. The molecule has 1 saturated heterocycles. The third kappa shape index (κ3) is 3.96. The highest BCUT2D eigenvalue weighted by Gasteiger charge is 2.30. The Morgan fingerprint density at radius 3 is 2.38 bits per heavy atom. The number of carbonyl (C=O) groups excluding carboxylic acids is 1. The predicted molar refractivity (Wildman–Crippen MR) is 66.6 cm³/mol. The molecule has 16 heavy (non-hydrogen) atoms. The van der Waals surface area contributed by atoms with E-state index in [0.717, 1.165) is 0 Å². The van der Waals surface area contributed by atoms with Gasteiger partial charge in [-0.2, -0.15) is 0 Å². The number of hydrogen-bond donors (Lipinski definition) is 2. The summed E-state index contributed by atoms with van der Waals surface area (Å²) in [4.78, 5) is 13.6. The summed E-state index contributed by atoms with van der Waals surface area (Å²) in [5.74, 6) is 0.00588. The van der Waals surface area contributed by atoms with Crippen molar-refractivity contribution in [2.45, 2.75) is 18.6 Å². The lowest BCUT2D eigenvalue weighted by molar-refractivity contribution is -0.132. The van der Waals surface area contributed by atoms with E-state index in [1.165, 1.54) is 0 Å². The van der Waals surface area contributed by atoms with Crippen LogP contribution in [0, 0.1) is 0 Å². The molecule has 0 aliphatic carbocycles. The van der Waals surface area contributed by atoms with Crippen molar-refractivity contribution in [2.24, 2.45) is 0 Å². The summed E-state index contributed by atoms with van der Waals surface area (Å²) in [5, 5.41) is 12.3. The number of carbonyl (C=O) groups is 1. The summed E-state index contributed by atoms with van der Waals surface area (Å²) in [6, 6.07) is -0.264. The second-order valence-corrected chi connectivity index (χ2v) is 3.67. The highest BCUT2D eigenvalue weighted by Crippen LogP contribution is 2.09. The van der Waals surface area contributed by atoms with Crippen LogP contribution in [0.4, 0.5) is 0 Å². The molecular weight excluding hydrogens is 228 g/mol. The molecule has 0 spiro atoms. The van der Waals surface area contributed by atoms with Crippen LogP contribution in [0.5, 0.6) is 0 Å². The van der Waals surface area contributed by atoms with Crippen molar-refractivity contribution in [3.05, 3.63) is 25.3 Å². The molecule has 2 atom stereocenters. The molecule has 92 valence electrons. The quantitative estimate of drug-likeness (QED) is 0.688. The Bertz CT molecular complexity index is 248. The van der Waals surface area contributed by atoms with Crippen LogP contribution in [0.15, 0.2) is 25.3 Å². The fourth-order valence-corrected chi connectivity index (χ4v) is 1.69. The van der Waals surface area contributed by atoms with E-state index in [0.29, 0.717) is 26.1 Å². The zero-order valence-electron chi connectivity index (χ0n) is 9.26. The van der Waals surface area contributed by atoms with E-state index in [-0.39, 0.29) is 24.4 Å². The van der Waals surface area contributed by atoms with Crippen LogP contribution in [0.25, 0.3) is 0 Å². The van der Waals surface area contributed by atoms with Gasteiger partial charge in [-0.25, -0.2) is 0 Å². The molecule has 0 aromatic heterocycles. The number of halogens is 1. The van der Waals surface area contributed by atoms with E-state index in [1.54, 1.807) is 17.1 Å². The fourth-order valence-electron chi connectivity index (χ4n) is 1.69. The number of nitrogens with one attached hydrogen (secondary N) is 1. The average molecular weight is 247 g/mol. The predicted octanol–water partition coefficient (Wildman–Crippen LogP) is 0.332. The maximum absolute atomic E-state index is 11.9. The summed E-state index contributed by atoms with van der Waals surface area (Å²) in [6.45, 7) is 8.74. The number of nitrogens with zero attached hydrogens (tertiary/aromatic N) is 1. The molecule has 1 rings (SSSR count). The van der Waals surface area contributed by atoms with Crippen LogP contribution in [-0.2, 0) is 4.79 Å². The average Bonchev–Trinajstić information content (AvgIpc) is 2.63. The molecule has 0 bridgehead atoms. The first kappa shape index (κ1) is 15.2. The number of amides is 1. The Labute approximate surface area is 102 Å². The maximum Gasteiger partial charge on any atom is 0.240 e. The smallest absolute Gasteiger partial charge is 0.240 e. The first-order valence-corrected chi connectivity index (χ1v) is 5.11.